The van der Waals surface area contributed by atoms with Gasteiger partial charge in [0.2, 0.25) is 5.91 Å². The molecule has 0 saturated heterocycles. The second-order valence-corrected chi connectivity index (χ2v) is 5.05. The molecule has 4 heteroatoms. The molecule has 0 fully saturated rings. The molecule has 0 spiro atoms. The van der Waals surface area contributed by atoms with Crippen molar-refractivity contribution in [2.75, 3.05) is 24.5 Å². The molecular formula is C17H23N3O. The van der Waals surface area contributed by atoms with Gasteiger partial charge in [0.15, 0.2) is 0 Å². The van der Waals surface area contributed by atoms with E-state index in [0.717, 1.165) is 18.8 Å². The predicted octanol–water partition coefficient (Wildman–Crippen LogP) is 2.13. The molecule has 0 aromatic heterocycles. The van der Waals surface area contributed by atoms with Crippen LogP contribution in [0.1, 0.15) is 13.8 Å². The van der Waals surface area contributed by atoms with E-state index in [1.807, 2.05) is 25.1 Å². The number of likely N-dealkylation sites (N-methyl/N-ethyl adjacent to an activating group) is 2. The van der Waals surface area contributed by atoms with Gasteiger partial charge in [-0.2, -0.15) is 0 Å². The number of rotatable bonds is 7. The molecule has 0 aliphatic carbocycles. The van der Waals surface area contributed by atoms with Crippen LogP contribution in [-0.4, -0.2) is 31.6 Å². The van der Waals surface area contributed by atoms with Crippen molar-refractivity contribution in [3.8, 4) is 0 Å². The zero-order chi connectivity index (χ0) is 15.2. The van der Waals surface area contributed by atoms with Gasteiger partial charge in [0.05, 0.1) is 0 Å². The molecular weight excluding hydrogens is 262 g/mol. The second kappa shape index (κ2) is 7.09. The summed E-state index contributed by atoms with van der Waals surface area (Å²) in [7, 11) is 0. The largest absolute Gasteiger partial charge is 0.369 e. The van der Waals surface area contributed by atoms with Gasteiger partial charge in [0.25, 0.3) is 0 Å². The minimum absolute atomic E-state index is 0.310. The third-order valence-electron chi connectivity index (χ3n) is 3.69. The van der Waals surface area contributed by atoms with Crippen LogP contribution in [0.15, 0.2) is 42.5 Å². The van der Waals surface area contributed by atoms with E-state index in [2.05, 4.69) is 41.4 Å². The standard InChI is InChI=1S/C17H23N3O/c1-3-19-15(17(18)21)12-20(4-2)16-11-7-9-13-8-5-6-10-14(13)16/h5-11,15,19H,3-4,12H2,1-2H3,(H2,18,21). The van der Waals surface area contributed by atoms with Gasteiger partial charge in [-0.25, -0.2) is 0 Å². The van der Waals surface area contributed by atoms with Crippen LogP contribution >= 0.6 is 0 Å². The highest BCUT2D eigenvalue weighted by atomic mass is 16.1. The molecule has 0 bridgehead atoms. The fourth-order valence-corrected chi connectivity index (χ4v) is 2.60. The fraction of sp³-hybridized carbons (Fsp3) is 0.353. The smallest absolute Gasteiger partial charge is 0.236 e. The zero-order valence-electron chi connectivity index (χ0n) is 12.7. The lowest BCUT2D eigenvalue weighted by Gasteiger charge is -2.28. The number of nitrogens with two attached hydrogens (primary N) is 1. The number of carbonyl (C=O) groups excluding carboxylic acids is 1. The predicted molar refractivity (Wildman–Crippen MR) is 88.5 cm³/mol. The molecule has 4 nitrogen and oxygen atoms in total. The van der Waals surface area contributed by atoms with Crippen LogP contribution in [0.3, 0.4) is 0 Å². The van der Waals surface area contributed by atoms with Gasteiger partial charge in [-0.1, -0.05) is 43.3 Å². The first-order valence-corrected chi connectivity index (χ1v) is 7.42. The maximum Gasteiger partial charge on any atom is 0.236 e. The number of anilines is 1. The first kappa shape index (κ1) is 15.3. The lowest BCUT2D eigenvalue weighted by Crippen LogP contribution is -2.49. The van der Waals surface area contributed by atoms with Gasteiger partial charge in [0.1, 0.15) is 6.04 Å². The zero-order valence-corrected chi connectivity index (χ0v) is 12.7. The SMILES string of the molecule is CCNC(CN(CC)c1cccc2ccccc12)C(N)=O. The highest BCUT2D eigenvalue weighted by Crippen LogP contribution is 2.26. The van der Waals surface area contributed by atoms with E-state index in [9.17, 15) is 4.79 Å². The van der Waals surface area contributed by atoms with Crippen LogP contribution in [0, 0.1) is 0 Å². The van der Waals surface area contributed by atoms with E-state index >= 15 is 0 Å². The summed E-state index contributed by atoms with van der Waals surface area (Å²) < 4.78 is 0. The van der Waals surface area contributed by atoms with E-state index in [0.29, 0.717) is 6.54 Å². The molecule has 1 amide bonds. The van der Waals surface area contributed by atoms with Gasteiger partial charge in [-0.3, -0.25) is 4.79 Å². The molecule has 2 aromatic carbocycles. The number of nitrogens with zero attached hydrogens (tertiary/aromatic N) is 1. The van der Waals surface area contributed by atoms with Gasteiger partial charge in [0, 0.05) is 24.2 Å². The van der Waals surface area contributed by atoms with E-state index in [-0.39, 0.29) is 11.9 Å². The van der Waals surface area contributed by atoms with Crippen molar-refractivity contribution >= 4 is 22.4 Å². The van der Waals surface area contributed by atoms with Crippen molar-refractivity contribution in [3.05, 3.63) is 42.5 Å². The van der Waals surface area contributed by atoms with Crippen molar-refractivity contribution in [2.24, 2.45) is 5.73 Å². The molecule has 1 unspecified atom stereocenters. The van der Waals surface area contributed by atoms with Crippen LogP contribution in [0.2, 0.25) is 0 Å². The van der Waals surface area contributed by atoms with Crippen LogP contribution in [0.5, 0.6) is 0 Å². The molecule has 0 heterocycles. The monoisotopic (exact) mass is 285 g/mol. The molecule has 2 aromatic rings. The summed E-state index contributed by atoms with van der Waals surface area (Å²) in [6, 6.07) is 14.2. The summed E-state index contributed by atoms with van der Waals surface area (Å²) in [5.41, 5.74) is 6.63. The number of hydrogen-bond donors (Lipinski definition) is 2. The molecule has 3 N–H and O–H groups in total. The Hall–Kier alpha value is -2.07. The van der Waals surface area contributed by atoms with Crippen molar-refractivity contribution in [1.82, 2.24) is 5.32 Å². The molecule has 21 heavy (non-hydrogen) atoms. The van der Waals surface area contributed by atoms with Crippen molar-refractivity contribution in [3.63, 3.8) is 0 Å². The van der Waals surface area contributed by atoms with Crippen LogP contribution in [0.4, 0.5) is 5.69 Å². The Balaban J connectivity index is 2.33. The minimum Gasteiger partial charge on any atom is -0.369 e. The summed E-state index contributed by atoms with van der Waals surface area (Å²) in [4.78, 5) is 13.8. The Morgan fingerprint density at radius 1 is 1.19 bits per heavy atom. The van der Waals surface area contributed by atoms with E-state index in [1.165, 1.54) is 10.8 Å². The summed E-state index contributed by atoms with van der Waals surface area (Å²) in [5, 5.41) is 5.55. The first-order valence-electron chi connectivity index (χ1n) is 7.42. The third-order valence-corrected chi connectivity index (χ3v) is 3.69. The Bertz CT molecular complexity index is 607. The number of primary amides is 1. The average Bonchev–Trinajstić information content (AvgIpc) is 2.51. The number of hydrogen-bond acceptors (Lipinski definition) is 3. The minimum atomic E-state index is -0.339. The first-order chi connectivity index (χ1) is 10.2. The van der Waals surface area contributed by atoms with E-state index in [1.54, 1.807) is 0 Å². The van der Waals surface area contributed by atoms with Gasteiger partial charge in [-0.15, -0.1) is 0 Å². The maximum absolute atomic E-state index is 11.6. The number of nitrogens with one attached hydrogen (secondary N) is 1. The number of carbonyl (C=O) groups is 1. The lowest BCUT2D eigenvalue weighted by atomic mass is 10.1. The highest BCUT2D eigenvalue weighted by Gasteiger charge is 2.18. The van der Waals surface area contributed by atoms with Crippen LogP contribution < -0.4 is 16.0 Å². The Morgan fingerprint density at radius 2 is 1.90 bits per heavy atom. The summed E-state index contributed by atoms with van der Waals surface area (Å²) in [5.74, 6) is -0.310. The highest BCUT2D eigenvalue weighted by molar-refractivity contribution is 5.94. The van der Waals surface area contributed by atoms with Crippen molar-refractivity contribution in [1.29, 1.82) is 0 Å². The van der Waals surface area contributed by atoms with Crippen LogP contribution in [0.25, 0.3) is 10.8 Å². The van der Waals surface area contributed by atoms with Crippen molar-refractivity contribution < 1.29 is 4.79 Å². The number of amides is 1. The van der Waals surface area contributed by atoms with Gasteiger partial charge in [-0.05, 0) is 24.9 Å². The maximum atomic E-state index is 11.6. The quantitative estimate of drug-likeness (QED) is 0.819. The molecule has 0 aliphatic heterocycles. The normalized spacial score (nSPS) is 12.3. The third kappa shape index (κ3) is 3.52. The summed E-state index contributed by atoms with van der Waals surface area (Å²) in [6.07, 6.45) is 0. The van der Waals surface area contributed by atoms with Crippen LogP contribution in [-0.2, 0) is 4.79 Å². The second-order valence-electron chi connectivity index (χ2n) is 5.05. The number of benzene rings is 2. The van der Waals surface area contributed by atoms with E-state index < -0.39 is 0 Å². The molecule has 2 rings (SSSR count). The van der Waals surface area contributed by atoms with Gasteiger partial charge >= 0.3 is 0 Å². The molecule has 112 valence electrons. The Labute approximate surface area is 125 Å². The summed E-state index contributed by atoms with van der Waals surface area (Å²) >= 11 is 0. The van der Waals surface area contributed by atoms with Gasteiger partial charge < -0.3 is 16.0 Å². The molecule has 0 aliphatic rings. The molecule has 0 radical (unpaired) electrons. The van der Waals surface area contributed by atoms with E-state index in [4.69, 9.17) is 5.73 Å². The Morgan fingerprint density at radius 3 is 2.57 bits per heavy atom. The molecule has 0 saturated carbocycles. The lowest BCUT2D eigenvalue weighted by molar-refractivity contribution is -0.119. The number of fused-ring (bicyclic) bond motifs is 1. The topological polar surface area (TPSA) is 58.4 Å². The summed E-state index contributed by atoms with van der Waals surface area (Å²) in [6.45, 7) is 6.19. The van der Waals surface area contributed by atoms with Crippen molar-refractivity contribution in [2.45, 2.75) is 19.9 Å². The molecule has 1 atom stereocenters. The Kier molecular flexibility index (Phi) is 5.17. The fourth-order valence-electron chi connectivity index (χ4n) is 2.60. The average molecular weight is 285 g/mol.